The molecule has 3 aromatic carbocycles. The Morgan fingerprint density at radius 1 is 0.929 bits per heavy atom. The third-order valence-corrected chi connectivity index (χ3v) is 10.0. The lowest BCUT2D eigenvalue weighted by Gasteiger charge is -2.41. The molecule has 1 saturated heterocycles. The van der Waals surface area contributed by atoms with Crippen molar-refractivity contribution < 1.29 is 36.6 Å². The van der Waals surface area contributed by atoms with Crippen LogP contribution in [-0.2, 0) is 25.0 Å². The van der Waals surface area contributed by atoms with Gasteiger partial charge in [-0.3, -0.25) is 9.58 Å². The van der Waals surface area contributed by atoms with Crippen molar-refractivity contribution in [2.75, 3.05) is 32.7 Å². The number of pyridine rings is 1. The Bertz CT molecular complexity index is 2220. The molecule has 13 heteroatoms. The number of aryl methyl sites for hydroxylation is 1. The van der Waals surface area contributed by atoms with Gasteiger partial charge in [0.25, 0.3) is 5.92 Å². The molecule has 56 heavy (non-hydrogen) atoms. The number of rotatable bonds is 10. The number of hydrogen-bond acceptors (Lipinski definition) is 7. The zero-order valence-electron chi connectivity index (χ0n) is 31.9. The molecule has 9 nitrogen and oxygen atoms in total. The Morgan fingerprint density at radius 2 is 1.61 bits per heavy atom. The van der Waals surface area contributed by atoms with E-state index in [2.05, 4.69) is 10.1 Å². The van der Waals surface area contributed by atoms with Crippen molar-refractivity contribution in [2.45, 2.75) is 58.4 Å². The van der Waals surface area contributed by atoms with Gasteiger partial charge in [-0.05, 0) is 62.4 Å². The molecular formula is C43H45F4N5O4. The van der Waals surface area contributed by atoms with E-state index in [1.165, 1.54) is 10.7 Å². The van der Waals surface area contributed by atoms with E-state index in [1.54, 1.807) is 46.0 Å². The van der Waals surface area contributed by atoms with Crippen LogP contribution in [0, 0.1) is 17.6 Å². The van der Waals surface area contributed by atoms with Crippen LogP contribution in [0.3, 0.4) is 0 Å². The summed E-state index contributed by atoms with van der Waals surface area (Å²) in [7, 11) is 1.59. The lowest BCUT2D eigenvalue weighted by atomic mass is 9.91. The predicted octanol–water partition coefficient (Wildman–Crippen LogP) is 9.05. The van der Waals surface area contributed by atoms with Crippen LogP contribution in [0.4, 0.5) is 22.4 Å². The summed E-state index contributed by atoms with van der Waals surface area (Å²) in [6.45, 7) is 5.68. The molecule has 2 aromatic heterocycles. The second-order valence-corrected chi connectivity index (χ2v) is 15.4. The molecule has 0 radical (unpaired) electrons. The zero-order chi connectivity index (χ0) is 39.6. The highest BCUT2D eigenvalue weighted by atomic mass is 19.3. The number of halogens is 4. The average Bonchev–Trinajstić information content (AvgIpc) is 3.49. The van der Waals surface area contributed by atoms with Gasteiger partial charge in [-0.15, -0.1) is 0 Å². The molecule has 0 unspecified atom stereocenters. The Morgan fingerprint density at radius 3 is 2.23 bits per heavy atom. The first kappa shape index (κ1) is 38.8. The first-order valence-electron chi connectivity index (χ1n) is 18.7. The lowest BCUT2D eigenvalue weighted by Crippen LogP contribution is -2.54. The molecule has 0 N–H and O–H groups in total. The Labute approximate surface area is 323 Å². The van der Waals surface area contributed by atoms with Crippen molar-refractivity contribution >= 4 is 22.6 Å². The highest BCUT2D eigenvalue weighted by Crippen LogP contribution is 2.40. The molecule has 0 aliphatic carbocycles. The largest absolute Gasteiger partial charge is 0.473 e. The van der Waals surface area contributed by atoms with E-state index in [1.807, 2.05) is 65.6 Å². The number of nitrogens with zero attached hydrogens (tertiary/aromatic N) is 5. The molecular weight excluding hydrogens is 726 g/mol. The van der Waals surface area contributed by atoms with Crippen molar-refractivity contribution in [1.29, 1.82) is 0 Å². The molecule has 0 spiro atoms. The molecule has 2 aliphatic rings. The fraction of sp³-hybridized carbons (Fsp3) is 0.372. The topological polar surface area (TPSA) is 82.0 Å². The normalized spacial score (nSPS) is 17.5. The second-order valence-electron chi connectivity index (χ2n) is 15.4. The summed E-state index contributed by atoms with van der Waals surface area (Å²) >= 11 is 0. The Balaban J connectivity index is 1.11. The number of hydrogen-bond donors (Lipinski definition) is 0. The molecule has 1 atom stereocenters. The third kappa shape index (κ3) is 8.67. The van der Waals surface area contributed by atoms with Gasteiger partial charge in [-0.2, -0.15) is 10.1 Å². The van der Waals surface area contributed by atoms with E-state index in [-0.39, 0.29) is 68.0 Å². The molecule has 7 rings (SSSR count). The summed E-state index contributed by atoms with van der Waals surface area (Å²) in [5.41, 5.74) is 2.21. The van der Waals surface area contributed by atoms with Gasteiger partial charge >= 0.3 is 6.09 Å². The number of amides is 1. The number of aromatic nitrogens is 3. The lowest BCUT2D eigenvalue weighted by molar-refractivity contribution is -0.116. The fourth-order valence-corrected chi connectivity index (χ4v) is 7.21. The van der Waals surface area contributed by atoms with E-state index in [0.717, 1.165) is 16.0 Å². The highest BCUT2D eigenvalue weighted by Gasteiger charge is 2.47. The van der Waals surface area contributed by atoms with Gasteiger partial charge < -0.3 is 19.1 Å². The van der Waals surface area contributed by atoms with E-state index in [9.17, 15) is 4.79 Å². The van der Waals surface area contributed by atoms with E-state index < -0.39 is 41.7 Å². The van der Waals surface area contributed by atoms with Gasteiger partial charge in [0.1, 0.15) is 35.8 Å². The van der Waals surface area contributed by atoms with Gasteiger partial charge in [0, 0.05) is 50.6 Å². The Hall–Kier alpha value is -5.43. The molecule has 1 fully saturated rings. The fourth-order valence-electron chi connectivity index (χ4n) is 7.21. The molecule has 0 bridgehead atoms. The van der Waals surface area contributed by atoms with E-state index >= 15 is 17.6 Å². The maximum atomic E-state index is 16.5. The van der Waals surface area contributed by atoms with Gasteiger partial charge in [-0.1, -0.05) is 66.7 Å². The predicted molar refractivity (Wildman–Crippen MR) is 205 cm³/mol. The molecule has 2 aliphatic heterocycles. The number of carbonyl (C=O) groups excluding carboxylic acids is 1. The standard InChI is InChI=1S/C43H45F4N5O4/c1-42(2,3)56-41(53)52-22-19-31(43(46,47)27-52)24-51-20-17-30(18-21-51)36-34(44)23-33-38(49-50(4)39(33)37(36)45)32-15-16-35(54-25-28-11-7-5-8-12-28)48-40(32)55-26-29-13-9-6-10-14-29/h5-17,23,31H,18-22,24-27H2,1-4H3/t31-/m0/s1. The smallest absolute Gasteiger partial charge is 0.410 e. The van der Waals surface area contributed by atoms with Crippen LogP contribution in [-0.4, -0.2) is 74.9 Å². The average molecular weight is 772 g/mol. The van der Waals surface area contributed by atoms with Crippen molar-refractivity contribution in [3.8, 4) is 23.0 Å². The summed E-state index contributed by atoms with van der Waals surface area (Å²) in [6.07, 6.45) is 1.33. The van der Waals surface area contributed by atoms with Crippen molar-refractivity contribution in [2.24, 2.45) is 13.0 Å². The van der Waals surface area contributed by atoms with Crippen molar-refractivity contribution in [3.63, 3.8) is 0 Å². The monoisotopic (exact) mass is 771 g/mol. The van der Waals surface area contributed by atoms with Gasteiger partial charge in [0.05, 0.1) is 17.7 Å². The van der Waals surface area contributed by atoms with Gasteiger partial charge in [-0.25, -0.2) is 22.4 Å². The van der Waals surface area contributed by atoms with Crippen LogP contribution < -0.4 is 9.47 Å². The first-order valence-corrected chi connectivity index (χ1v) is 18.7. The maximum absolute atomic E-state index is 16.5. The molecule has 1 amide bonds. The molecule has 294 valence electrons. The van der Waals surface area contributed by atoms with Crippen LogP contribution in [0.5, 0.6) is 11.8 Å². The van der Waals surface area contributed by atoms with Crippen LogP contribution in [0.1, 0.15) is 50.3 Å². The number of fused-ring (bicyclic) bond motifs is 1. The third-order valence-electron chi connectivity index (χ3n) is 10.0. The number of likely N-dealkylation sites (tertiary alicyclic amines) is 1. The van der Waals surface area contributed by atoms with Crippen molar-refractivity contribution in [3.05, 3.63) is 113 Å². The maximum Gasteiger partial charge on any atom is 0.410 e. The number of alkyl halides is 2. The van der Waals surface area contributed by atoms with Crippen molar-refractivity contribution in [1.82, 2.24) is 24.6 Å². The van der Waals surface area contributed by atoms with E-state index in [4.69, 9.17) is 14.2 Å². The van der Waals surface area contributed by atoms with Gasteiger partial charge in [0.2, 0.25) is 11.8 Å². The summed E-state index contributed by atoms with van der Waals surface area (Å²) in [4.78, 5) is 20.0. The van der Waals surface area contributed by atoms with Crippen LogP contribution in [0.15, 0.2) is 84.9 Å². The van der Waals surface area contributed by atoms with E-state index in [0.29, 0.717) is 29.3 Å². The number of benzene rings is 3. The first-order chi connectivity index (χ1) is 26.8. The molecule has 4 heterocycles. The minimum atomic E-state index is -3.11. The van der Waals surface area contributed by atoms with Crippen LogP contribution in [0.2, 0.25) is 0 Å². The number of carbonyl (C=O) groups is 1. The number of piperidine rings is 1. The summed E-state index contributed by atoms with van der Waals surface area (Å²) in [5, 5.41) is 4.87. The quantitative estimate of drug-likeness (QED) is 0.131. The summed E-state index contributed by atoms with van der Waals surface area (Å²) < 4.78 is 82.0. The zero-order valence-corrected chi connectivity index (χ0v) is 31.9. The second kappa shape index (κ2) is 16.0. The number of ether oxygens (including phenoxy) is 3. The van der Waals surface area contributed by atoms with Crippen LogP contribution in [0.25, 0.3) is 27.7 Å². The summed E-state index contributed by atoms with van der Waals surface area (Å²) in [5.74, 6) is -5.10. The van der Waals surface area contributed by atoms with Gasteiger partial charge in [0.15, 0.2) is 5.82 Å². The highest BCUT2D eigenvalue weighted by molar-refractivity contribution is 5.96. The molecule has 0 saturated carbocycles. The minimum Gasteiger partial charge on any atom is -0.473 e. The minimum absolute atomic E-state index is 0.0901. The molecule has 5 aromatic rings. The summed E-state index contributed by atoms with van der Waals surface area (Å²) in [6, 6.07) is 23.9. The van der Waals surface area contributed by atoms with Crippen LogP contribution >= 0.6 is 0 Å². The SMILES string of the molecule is Cn1nc(-c2ccc(OCc3ccccc3)nc2OCc2ccccc2)c2cc(F)c(C3=CCN(C[C@@H]4CCN(C(=O)OC(C)(C)C)CC4(F)F)CC3)c(F)c21. The Kier molecular flexibility index (Phi) is 11.1.